The fraction of sp³-hybridized carbons (Fsp3) is 1.00. The van der Waals surface area contributed by atoms with Crippen LogP contribution in [0.2, 0.25) is 0 Å². The Morgan fingerprint density at radius 3 is 2.43 bits per heavy atom. The molecule has 0 bridgehead atoms. The zero-order valence-corrected chi connectivity index (χ0v) is 14.8. The Balaban J connectivity index is 1.94. The van der Waals surface area contributed by atoms with Gasteiger partial charge in [-0.1, -0.05) is 40.5 Å². The van der Waals surface area contributed by atoms with E-state index in [1.54, 1.807) is 0 Å². The molecule has 2 aliphatic carbocycles. The van der Waals surface area contributed by atoms with Crippen molar-refractivity contribution in [1.29, 1.82) is 0 Å². The number of rotatable bonds is 6. The summed E-state index contributed by atoms with van der Waals surface area (Å²) in [5.41, 5.74) is 0.128. The lowest BCUT2D eigenvalue weighted by atomic mass is 9.74. The summed E-state index contributed by atoms with van der Waals surface area (Å²) < 4.78 is 6.76. The number of nitrogens with one attached hydrogen (secondary N) is 1. The minimum Gasteiger partial charge on any atom is -0.370 e. The van der Waals surface area contributed by atoms with Crippen molar-refractivity contribution in [3.63, 3.8) is 0 Å². The first-order chi connectivity index (χ1) is 10.0. The molecule has 1 N–H and O–H groups in total. The van der Waals surface area contributed by atoms with Crippen LogP contribution in [0.25, 0.3) is 0 Å². The second kappa shape index (κ2) is 7.97. The lowest BCUT2D eigenvalue weighted by Gasteiger charge is -2.44. The Bertz CT molecular complexity index is 294. The summed E-state index contributed by atoms with van der Waals surface area (Å²) in [5.74, 6) is 2.59. The zero-order chi connectivity index (χ0) is 15.3. The molecule has 2 atom stereocenters. The van der Waals surface area contributed by atoms with Gasteiger partial charge in [-0.25, -0.2) is 0 Å². The fourth-order valence-corrected chi connectivity index (χ4v) is 4.36. The highest BCUT2D eigenvalue weighted by molar-refractivity contribution is 4.91. The molecule has 0 spiro atoms. The monoisotopic (exact) mass is 295 g/mol. The molecule has 2 heteroatoms. The molecule has 0 amide bonds. The van der Waals surface area contributed by atoms with E-state index in [9.17, 15) is 0 Å². The van der Waals surface area contributed by atoms with Gasteiger partial charge in [0.05, 0.1) is 11.7 Å². The predicted octanol–water partition coefficient (Wildman–Crippen LogP) is 4.78. The van der Waals surface area contributed by atoms with Crippen molar-refractivity contribution in [2.24, 2.45) is 17.8 Å². The minimum atomic E-state index is 0.128. The molecular weight excluding hydrogens is 258 g/mol. The summed E-state index contributed by atoms with van der Waals surface area (Å²) in [6, 6.07) is 0. The van der Waals surface area contributed by atoms with E-state index in [1.807, 2.05) is 0 Å². The number of hydrogen-bond acceptors (Lipinski definition) is 2. The van der Waals surface area contributed by atoms with Crippen LogP contribution < -0.4 is 5.32 Å². The normalized spacial score (nSPS) is 37.9. The third-order valence-corrected chi connectivity index (χ3v) is 5.89. The second-order valence-electron chi connectivity index (χ2n) is 8.06. The van der Waals surface area contributed by atoms with Gasteiger partial charge in [-0.3, -0.25) is 0 Å². The Kier molecular flexibility index (Phi) is 6.55. The van der Waals surface area contributed by atoms with Gasteiger partial charge in [-0.15, -0.1) is 0 Å². The standard InChI is InChI=1S/C19H37NO/c1-5-20-14-19(11-9-17(10-12-19)15(2)3)21-18-8-6-7-16(4)13-18/h15-18,20H,5-14H2,1-4H3. The van der Waals surface area contributed by atoms with Crippen molar-refractivity contribution in [1.82, 2.24) is 5.32 Å². The van der Waals surface area contributed by atoms with Crippen LogP contribution in [0.4, 0.5) is 0 Å². The van der Waals surface area contributed by atoms with Gasteiger partial charge >= 0.3 is 0 Å². The van der Waals surface area contributed by atoms with Gasteiger partial charge in [0.25, 0.3) is 0 Å². The van der Waals surface area contributed by atoms with Crippen molar-refractivity contribution in [3.05, 3.63) is 0 Å². The second-order valence-corrected chi connectivity index (χ2v) is 8.06. The van der Waals surface area contributed by atoms with Crippen molar-refractivity contribution in [2.45, 2.75) is 90.8 Å². The quantitative estimate of drug-likeness (QED) is 0.761. The van der Waals surface area contributed by atoms with E-state index in [4.69, 9.17) is 4.74 Å². The van der Waals surface area contributed by atoms with E-state index in [1.165, 1.54) is 51.4 Å². The fourth-order valence-electron chi connectivity index (χ4n) is 4.36. The summed E-state index contributed by atoms with van der Waals surface area (Å²) in [5, 5.41) is 3.58. The predicted molar refractivity (Wildman–Crippen MR) is 90.6 cm³/mol. The highest BCUT2D eigenvalue weighted by Crippen LogP contribution is 2.40. The van der Waals surface area contributed by atoms with Crippen LogP contribution in [0.1, 0.15) is 79.1 Å². The van der Waals surface area contributed by atoms with Gasteiger partial charge in [0.15, 0.2) is 0 Å². The third kappa shape index (κ3) is 4.96. The summed E-state index contributed by atoms with van der Waals surface area (Å²) >= 11 is 0. The van der Waals surface area contributed by atoms with Crippen LogP contribution in [0.15, 0.2) is 0 Å². The maximum Gasteiger partial charge on any atom is 0.0810 e. The van der Waals surface area contributed by atoms with Crippen molar-refractivity contribution in [2.75, 3.05) is 13.1 Å². The maximum absolute atomic E-state index is 6.76. The molecular formula is C19H37NO. The molecule has 2 aliphatic rings. The molecule has 0 aromatic heterocycles. The van der Waals surface area contributed by atoms with Crippen molar-refractivity contribution in [3.8, 4) is 0 Å². The molecule has 0 aromatic rings. The molecule has 0 saturated heterocycles. The third-order valence-electron chi connectivity index (χ3n) is 5.89. The smallest absolute Gasteiger partial charge is 0.0810 e. The largest absolute Gasteiger partial charge is 0.370 e. The van der Waals surface area contributed by atoms with Gasteiger partial charge in [0.2, 0.25) is 0 Å². The lowest BCUT2D eigenvalue weighted by Crippen LogP contribution is -2.49. The lowest BCUT2D eigenvalue weighted by molar-refractivity contribution is -0.133. The number of likely N-dealkylation sites (N-methyl/N-ethyl adjacent to an activating group) is 1. The molecule has 0 radical (unpaired) electrons. The van der Waals surface area contributed by atoms with Crippen LogP contribution in [0.3, 0.4) is 0 Å². The molecule has 2 fully saturated rings. The topological polar surface area (TPSA) is 21.3 Å². The van der Waals surface area contributed by atoms with Crippen LogP contribution in [-0.2, 0) is 4.74 Å². The molecule has 0 aromatic carbocycles. The van der Waals surface area contributed by atoms with Crippen molar-refractivity contribution >= 4 is 0 Å². The first-order valence-corrected chi connectivity index (χ1v) is 9.43. The van der Waals surface area contributed by atoms with Crippen molar-refractivity contribution < 1.29 is 4.74 Å². The van der Waals surface area contributed by atoms with E-state index in [0.29, 0.717) is 6.10 Å². The van der Waals surface area contributed by atoms with E-state index in [2.05, 4.69) is 33.0 Å². The minimum absolute atomic E-state index is 0.128. The average Bonchev–Trinajstić information content (AvgIpc) is 2.46. The Morgan fingerprint density at radius 2 is 1.86 bits per heavy atom. The summed E-state index contributed by atoms with van der Waals surface area (Å²) in [6.45, 7) is 11.5. The van der Waals surface area contributed by atoms with E-state index >= 15 is 0 Å². The maximum atomic E-state index is 6.76. The van der Waals surface area contributed by atoms with E-state index < -0.39 is 0 Å². The highest BCUT2D eigenvalue weighted by Gasteiger charge is 2.39. The Labute approximate surface area is 132 Å². The SMILES string of the molecule is CCNCC1(OC2CCCC(C)C2)CCC(C(C)C)CC1. The average molecular weight is 296 g/mol. The number of hydrogen-bond donors (Lipinski definition) is 1. The first kappa shape index (κ1) is 17.3. The molecule has 2 saturated carbocycles. The summed E-state index contributed by atoms with van der Waals surface area (Å²) in [6.07, 6.45) is 11.1. The Hall–Kier alpha value is -0.0800. The Morgan fingerprint density at radius 1 is 1.14 bits per heavy atom. The summed E-state index contributed by atoms with van der Waals surface area (Å²) in [4.78, 5) is 0. The van der Waals surface area contributed by atoms with E-state index in [0.717, 1.165) is 30.8 Å². The van der Waals surface area contributed by atoms with Gasteiger partial charge in [-0.05, 0) is 62.8 Å². The molecule has 2 unspecified atom stereocenters. The van der Waals surface area contributed by atoms with Crippen LogP contribution in [-0.4, -0.2) is 24.8 Å². The number of ether oxygens (including phenoxy) is 1. The molecule has 2 rings (SSSR count). The van der Waals surface area contributed by atoms with E-state index in [-0.39, 0.29) is 5.60 Å². The van der Waals surface area contributed by atoms with Gasteiger partial charge in [-0.2, -0.15) is 0 Å². The zero-order valence-electron chi connectivity index (χ0n) is 14.8. The molecule has 0 heterocycles. The van der Waals surface area contributed by atoms with Crippen LogP contribution in [0.5, 0.6) is 0 Å². The first-order valence-electron chi connectivity index (χ1n) is 9.43. The molecule has 124 valence electrons. The molecule has 21 heavy (non-hydrogen) atoms. The van der Waals surface area contributed by atoms with Gasteiger partial charge in [0, 0.05) is 6.54 Å². The molecule has 2 nitrogen and oxygen atoms in total. The highest BCUT2D eigenvalue weighted by atomic mass is 16.5. The van der Waals surface area contributed by atoms with Crippen LogP contribution >= 0.6 is 0 Å². The summed E-state index contributed by atoms with van der Waals surface area (Å²) in [7, 11) is 0. The molecule has 0 aliphatic heterocycles. The van der Waals surface area contributed by atoms with Crippen LogP contribution in [0, 0.1) is 17.8 Å². The van der Waals surface area contributed by atoms with Gasteiger partial charge in [0.1, 0.15) is 0 Å². The van der Waals surface area contributed by atoms with Gasteiger partial charge < -0.3 is 10.1 Å².